The molecule has 0 saturated carbocycles. The van der Waals surface area contributed by atoms with Crippen molar-refractivity contribution in [3.63, 3.8) is 0 Å². The van der Waals surface area contributed by atoms with E-state index in [2.05, 4.69) is 130 Å². The number of aryl methyl sites for hydroxylation is 2. The number of hydrogen-bond donors (Lipinski definition) is 0. The van der Waals surface area contributed by atoms with Crippen molar-refractivity contribution in [2.24, 2.45) is 0 Å². The lowest BCUT2D eigenvalue weighted by atomic mass is 9.80. The Labute approximate surface area is 260 Å². The fourth-order valence-electron chi connectivity index (χ4n) is 6.37. The smallest absolute Gasteiger partial charge is 0.0349 e. The van der Waals surface area contributed by atoms with E-state index in [1.807, 2.05) is 42.8 Å². The highest BCUT2D eigenvalue weighted by Gasteiger charge is 2.21. The van der Waals surface area contributed by atoms with Crippen molar-refractivity contribution in [1.82, 2.24) is 4.98 Å². The molecule has 0 saturated heterocycles. The van der Waals surface area contributed by atoms with Gasteiger partial charge in [0.05, 0.1) is 0 Å². The van der Waals surface area contributed by atoms with Gasteiger partial charge in [-0.25, -0.2) is 0 Å². The first kappa shape index (κ1) is 28.6. The van der Waals surface area contributed by atoms with E-state index in [0.717, 1.165) is 77.5 Å². The summed E-state index contributed by atoms with van der Waals surface area (Å²) in [5, 5.41) is 2.31. The second-order valence-electron chi connectivity index (χ2n) is 11.1. The Morgan fingerprint density at radius 2 is 0.977 bits per heavy atom. The van der Waals surface area contributed by atoms with Gasteiger partial charge in [-0.3, -0.25) is 4.98 Å². The van der Waals surface area contributed by atoms with Gasteiger partial charge in [0.25, 0.3) is 0 Å². The third-order valence-corrected chi connectivity index (χ3v) is 8.55. The van der Waals surface area contributed by atoms with Gasteiger partial charge in [0.15, 0.2) is 0 Å². The number of rotatable bonds is 8. The van der Waals surface area contributed by atoms with Crippen molar-refractivity contribution in [3.8, 4) is 44.5 Å². The molecular formula is C43H35N. The second-order valence-corrected chi connectivity index (χ2v) is 11.1. The Morgan fingerprint density at radius 3 is 1.59 bits per heavy atom. The molecule has 1 heterocycles. The molecule has 5 aromatic carbocycles. The summed E-state index contributed by atoms with van der Waals surface area (Å²) in [5.74, 6) is 0. The Bertz CT molecular complexity index is 2070. The molecule has 0 atom stereocenters. The van der Waals surface area contributed by atoms with Crippen molar-refractivity contribution in [3.05, 3.63) is 163 Å². The van der Waals surface area contributed by atoms with Gasteiger partial charge in [-0.15, -0.1) is 0 Å². The molecule has 0 bridgehead atoms. The molecule has 0 unspecified atom stereocenters. The molecule has 0 N–H and O–H groups in total. The first-order valence-electron chi connectivity index (χ1n) is 14.8. The fraction of sp³-hybridized carbons (Fsp3) is 0.0465. The molecule has 6 rings (SSSR count). The summed E-state index contributed by atoms with van der Waals surface area (Å²) in [4.78, 5) is 4.35. The van der Waals surface area contributed by atoms with Crippen molar-refractivity contribution >= 4 is 35.1 Å². The highest BCUT2D eigenvalue weighted by Crippen LogP contribution is 2.46. The van der Waals surface area contributed by atoms with Crippen LogP contribution in [0.4, 0.5) is 0 Å². The van der Waals surface area contributed by atoms with Crippen molar-refractivity contribution < 1.29 is 0 Å². The van der Waals surface area contributed by atoms with Crippen molar-refractivity contribution in [1.29, 1.82) is 0 Å². The number of fused-ring (bicyclic) bond motifs is 1. The molecule has 1 aromatic heterocycles. The largest absolute Gasteiger partial charge is 0.264 e. The van der Waals surface area contributed by atoms with E-state index >= 15 is 0 Å². The molecular weight excluding hydrogens is 530 g/mol. The van der Waals surface area contributed by atoms with Gasteiger partial charge < -0.3 is 0 Å². The number of aromatic nitrogens is 1. The van der Waals surface area contributed by atoms with Gasteiger partial charge in [-0.1, -0.05) is 141 Å². The van der Waals surface area contributed by atoms with Crippen LogP contribution >= 0.6 is 0 Å². The molecule has 0 aliphatic heterocycles. The first-order chi connectivity index (χ1) is 21.5. The molecule has 0 fully saturated rings. The maximum Gasteiger partial charge on any atom is 0.0349 e. The van der Waals surface area contributed by atoms with Crippen LogP contribution in [-0.4, -0.2) is 4.98 Å². The highest BCUT2D eigenvalue weighted by molar-refractivity contribution is 6.13. The van der Waals surface area contributed by atoms with Crippen LogP contribution in [0.1, 0.15) is 33.4 Å². The average Bonchev–Trinajstić information content (AvgIpc) is 3.07. The zero-order valence-electron chi connectivity index (χ0n) is 25.4. The quantitative estimate of drug-likeness (QED) is 0.179. The standard InChI is InChI=1S/C43H35N/c1-7-33-34(8-2)40(24-23-37(33)30-17-15-28(5)16-18-30)43-36(10-4)35(9-3)42(38-13-11-12-14-39(38)43)32-21-19-31(20-22-32)41-27-44-26-25-29(41)6/h7-27H,1-4H2,5-6H3. The van der Waals surface area contributed by atoms with E-state index in [1.165, 1.54) is 11.1 Å². The van der Waals surface area contributed by atoms with E-state index in [4.69, 9.17) is 0 Å². The minimum Gasteiger partial charge on any atom is -0.264 e. The minimum absolute atomic E-state index is 1.04. The van der Waals surface area contributed by atoms with Crippen LogP contribution in [0.25, 0.3) is 79.6 Å². The van der Waals surface area contributed by atoms with E-state index in [1.54, 1.807) is 0 Å². The SMILES string of the molecule is C=Cc1c(-c2ccc(C)cc2)ccc(-c2c(C=C)c(C=C)c(-c3ccc(-c4cnccc4C)cc3)c3ccccc23)c1C=C. The molecule has 6 aromatic rings. The van der Waals surface area contributed by atoms with Gasteiger partial charge in [-0.2, -0.15) is 0 Å². The highest BCUT2D eigenvalue weighted by atomic mass is 14.6. The van der Waals surface area contributed by atoms with Crippen LogP contribution in [0.3, 0.4) is 0 Å². The lowest BCUT2D eigenvalue weighted by molar-refractivity contribution is 1.29. The third-order valence-electron chi connectivity index (χ3n) is 8.55. The number of nitrogens with zero attached hydrogens (tertiary/aromatic N) is 1. The number of benzene rings is 5. The van der Waals surface area contributed by atoms with E-state index in [0.29, 0.717) is 0 Å². The van der Waals surface area contributed by atoms with Crippen LogP contribution in [-0.2, 0) is 0 Å². The summed E-state index contributed by atoms with van der Waals surface area (Å²) in [6.45, 7) is 21.3. The summed E-state index contributed by atoms with van der Waals surface area (Å²) in [6.07, 6.45) is 11.6. The first-order valence-corrected chi connectivity index (χ1v) is 14.8. The van der Waals surface area contributed by atoms with Crippen LogP contribution in [0, 0.1) is 13.8 Å². The molecule has 0 radical (unpaired) electrons. The molecule has 0 amide bonds. The van der Waals surface area contributed by atoms with Crippen LogP contribution in [0.15, 0.2) is 130 Å². The molecule has 0 spiro atoms. The van der Waals surface area contributed by atoms with E-state index < -0.39 is 0 Å². The molecule has 44 heavy (non-hydrogen) atoms. The van der Waals surface area contributed by atoms with Gasteiger partial charge in [0.2, 0.25) is 0 Å². The van der Waals surface area contributed by atoms with Gasteiger partial charge in [-0.05, 0) is 97.4 Å². The zero-order valence-corrected chi connectivity index (χ0v) is 25.4. The third kappa shape index (κ3) is 4.83. The fourth-order valence-corrected chi connectivity index (χ4v) is 6.37. The molecule has 212 valence electrons. The van der Waals surface area contributed by atoms with Gasteiger partial charge in [0, 0.05) is 18.0 Å². The normalized spacial score (nSPS) is 10.9. The predicted octanol–water partition coefficient (Wildman–Crippen LogP) is 12.1. The number of pyridine rings is 1. The summed E-state index contributed by atoms with van der Waals surface area (Å²) in [6, 6.07) is 32.5. The molecule has 0 aliphatic rings. The van der Waals surface area contributed by atoms with Crippen LogP contribution in [0.2, 0.25) is 0 Å². The maximum atomic E-state index is 4.35. The minimum atomic E-state index is 1.04. The maximum absolute atomic E-state index is 4.35. The Hall–Kier alpha value is -5.53. The van der Waals surface area contributed by atoms with Crippen LogP contribution in [0.5, 0.6) is 0 Å². The summed E-state index contributed by atoms with van der Waals surface area (Å²) in [7, 11) is 0. The molecule has 1 nitrogen and oxygen atoms in total. The van der Waals surface area contributed by atoms with Gasteiger partial charge in [0.1, 0.15) is 0 Å². The summed E-state index contributed by atoms with van der Waals surface area (Å²) in [5.41, 5.74) is 15.7. The van der Waals surface area contributed by atoms with Crippen LogP contribution < -0.4 is 0 Å². The number of hydrogen-bond acceptors (Lipinski definition) is 1. The predicted molar refractivity (Wildman–Crippen MR) is 193 cm³/mol. The average molecular weight is 566 g/mol. The summed E-state index contributed by atoms with van der Waals surface area (Å²) < 4.78 is 0. The Morgan fingerprint density at radius 1 is 0.477 bits per heavy atom. The molecule has 0 aliphatic carbocycles. The van der Waals surface area contributed by atoms with E-state index in [9.17, 15) is 0 Å². The zero-order chi connectivity index (χ0) is 30.8. The molecule has 1 heteroatoms. The van der Waals surface area contributed by atoms with E-state index in [-0.39, 0.29) is 0 Å². The topological polar surface area (TPSA) is 12.9 Å². The van der Waals surface area contributed by atoms with Crippen molar-refractivity contribution in [2.75, 3.05) is 0 Å². The lowest BCUT2D eigenvalue weighted by Gasteiger charge is -2.23. The van der Waals surface area contributed by atoms with Gasteiger partial charge >= 0.3 is 0 Å². The summed E-state index contributed by atoms with van der Waals surface area (Å²) >= 11 is 0. The van der Waals surface area contributed by atoms with Crippen molar-refractivity contribution in [2.45, 2.75) is 13.8 Å². The lowest BCUT2D eigenvalue weighted by Crippen LogP contribution is -1.99. The second kappa shape index (κ2) is 12.0. The Balaban J connectivity index is 1.62. The monoisotopic (exact) mass is 565 g/mol. The Kier molecular flexibility index (Phi) is 7.79.